The Morgan fingerprint density at radius 3 is 2.37 bits per heavy atom. The summed E-state index contributed by atoms with van der Waals surface area (Å²) >= 11 is 0. The molecule has 2 aromatic heterocycles. The number of nitrogens with one attached hydrogen (secondary N) is 3. The van der Waals surface area contributed by atoms with E-state index in [4.69, 9.17) is 19.9 Å². The molecule has 2 fully saturated rings. The van der Waals surface area contributed by atoms with E-state index in [0.717, 1.165) is 38.9 Å². The molecule has 0 aromatic carbocycles. The molecule has 1 saturated heterocycles. The van der Waals surface area contributed by atoms with Crippen LogP contribution in [0.3, 0.4) is 0 Å². The number of likely N-dealkylation sites (N-methyl/N-ethyl adjacent to an activating group) is 1. The van der Waals surface area contributed by atoms with Gasteiger partial charge in [-0.1, -0.05) is 27.7 Å². The third-order valence-electron chi connectivity index (χ3n) is 8.07. The minimum atomic E-state index is -5.08. The van der Waals surface area contributed by atoms with Gasteiger partial charge in [-0.05, 0) is 45.2 Å². The van der Waals surface area contributed by atoms with E-state index in [2.05, 4.69) is 46.6 Å². The Kier molecular flexibility index (Phi) is 11.9. The first-order valence-corrected chi connectivity index (χ1v) is 14.8. The molecule has 0 unspecified atom stereocenters. The van der Waals surface area contributed by atoms with Crippen LogP contribution in [0.2, 0.25) is 0 Å². The summed E-state index contributed by atoms with van der Waals surface area (Å²) in [5.41, 5.74) is 1.23. The molecule has 0 radical (unpaired) electrons. The van der Waals surface area contributed by atoms with Gasteiger partial charge in [0.05, 0.1) is 18.4 Å². The first-order valence-electron chi connectivity index (χ1n) is 14.8. The largest absolute Gasteiger partial charge is 0.490 e. The van der Waals surface area contributed by atoms with Crippen LogP contribution in [0.25, 0.3) is 11.2 Å². The maximum atomic E-state index is 11.9. The van der Waals surface area contributed by atoms with Gasteiger partial charge in [0.25, 0.3) is 0 Å². The number of nitrogens with zero attached hydrogens (tertiary/aromatic N) is 5. The SMILES string of the molecule is CCC(=O)N[C@H]1C[C@@H](n2cnc3c(NC(CC)CC)nc(NC[C@H]4CCCN4CC)nc32)[C@H](O)[C@@H]1O.O=C(O)C(F)(F)F. The summed E-state index contributed by atoms with van der Waals surface area (Å²) in [6, 6.07) is -0.302. The lowest BCUT2D eigenvalue weighted by Crippen LogP contribution is -2.42. The average Bonchev–Trinajstić information content (AvgIpc) is 3.68. The van der Waals surface area contributed by atoms with E-state index in [0.29, 0.717) is 41.8 Å². The van der Waals surface area contributed by atoms with Crippen molar-refractivity contribution >= 4 is 34.8 Å². The highest BCUT2D eigenvalue weighted by Crippen LogP contribution is 2.34. The van der Waals surface area contributed by atoms with Crippen LogP contribution in [0, 0.1) is 0 Å². The molecule has 5 atom stereocenters. The second kappa shape index (κ2) is 15.0. The highest BCUT2D eigenvalue weighted by Gasteiger charge is 2.44. The predicted octanol–water partition coefficient (Wildman–Crippen LogP) is 2.52. The fourth-order valence-electron chi connectivity index (χ4n) is 5.51. The van der Waals surface area contributed by atoms with Crippen molar-refractivity contribution in [2.45, 2.75) is 109 Å². The van der Waals surface area contributed by atoms with Crippen LogP contribution in [0.15, 0.2) is 6.33 Å². The van der Waals surface area contributed by atoms with E-state index >= 15 is 0 Å². The topological polar surface area (TPSA) is 178 Å². The lowest BCUT2D eigenvalue weighted by atomic mass is 10.2. The molecule has 2 aliphatic rings. The monoisotopic (exact) mass is 616 g/mol. The Morgan fingerprint density at radius 2 is 1.79 bits per heavy atom. The summed E-state index contributed by atoms with van der Waals surface area (Å²) in [6.07, 6.45) is -0.590. The third kappa shape index (κ3) is 8.44. The van der Waals surface area contributed by atoms with Gasteiger partial charge in [0.1, 0.15) is 12.2 Å². The molecule has 2 aromatic rings. The Balaban J connectivity index is 0.000000646. The molecule has 6 N–H and O–H groups in total. The number of likely N-dealkylation sites (tertiary alicyclic amines) is 1. The molecule has 43 heavy (non-hydrogen) atoms. The Bertz CT molecular complexity index is 1230. The van der Waals surface area contributed by atoms with Gasteiger partial charge in [-0.3, -0.25) is 9.69 Å². The number of aliphatic hydroxyl groups is 2. The van der Waals surface area contributed by atoms with Crippen molar-refractivity contribution in [3.63, 3.8) is 0 Å². The summed E-state index contributed by atoms with van der Waals surface area (Å²) in [5, 5.41) is 38.4. The molecule has 3 heterocycles. The van der Waals surface area contributed by atoms with Crippen molar-refractivity contribution in [2.75, 3.05) is 30.3 Å². The minimum Gasteiger partial charge on any atom is -0.475 e. The Morgan fingerprint density at radius 1 is 1.12 bits per heavy atom. The van der Waals surface area contributed by atoms with Crippen LogP contribution in [-0.4, -0.2) is 108 Å². The van der Waals surface area contributed by atoms with Gasteiger partial charge in [0.2, 0.25) is 11.9 Å². The number of halogens is 3. The van der Waals surface area contributed by atoms with Gasteiger partial charge < -0.3 is 35.8 Å². The highest BCUT2D eigenvalue weighted by atomic mass is 19.4. The number of carboxylic acids is 1. The summed E-state index contributed by atoms with van der Waals surface area (Å²) in [6.45, 7) is 11.1. The van der Waals surface area contributed by atoms with E-state index in [1.807, 2.05) is 4.57 Å². The number of carbonyl (C=O) groups excluding carboxylic acids is 1. The maximum Gasteiger partial charge on any atom is 0.490 e. The van der Waals surface area contributed by atoms with E-state index in [1.165, 1.54) is 6.42 Å². The van der Waals surface area contributed by atoms with Crippen molar-refractivity contribution < 1.29 is 38.1 Å². The number of amides is 1. The number of aliphatic carboxylic acids is 1. The highest BCUT2D eigenvalue weighted by molar-refractivity contribution is 5.84. The zero-order valence-electron chi connectivity index (χ0n) is 24.9. The van der Waals surface area contributed by atoms with E-state index in [-0.39, 0.29) is 11.9 Å². The predicted molar refractivity (Wildman–Crippen MR) is 154 cm³/mol. The molecule has 0 bridgehead atoms. The van der Waals surface area contributed by atoms with Crippen molar-refractivity contribution in [3.8, 4) is 0 Å². The summed E-state index contributed by atoms with van der Waals surface area (Å²) < 4.78 is 33.6. The second-order valence-electron chi connectivity index (χ2n) is 10.8. The zero-order chi connectivity index (χ0) is 31.9. The number of aromatic nitrogens is 4. The molecular weight excluding hydrogens is 573 g/mol. The number of hydrogen-bond acceptors (Lipinski definition) is 10. The number of aliphatic hydroxyl groups excluding tert-OH is 2. The van der Waals surface area contributed by atoms with E-state index in [1.54, 1.807) is 13.3 Å². The number of imidazole rings is 1. The molecule has 1 amide bonds. The smallest absolute Gasteiger partial charge is 0.475 e. The molecule has 0 spiro atoms. The van der Waals surface area contributed by atoms with E-state index < -0.39 is 36.4 Å². The first kappa shape index (κ1) is 34.3. The van der Waals surface area contributed by atoms with Crippen LogP contribution < -0.4 is 16.0 Å². The molecule has 13 nitrogen and oxygen atoms in total. The number of carboxylic acid groups (broad SMARTS) is 1. The normalized spacial score (nSPS) is 24.2. The second-order valence-corrected chi connectivity index (χ2v) is 10.8. The van der Waals surface area contributed by atoms with Gasteiger partial charge in [0.15, 0.2) is 17.0 Å². The van der Waals surface area contributed by atoms with Gasteiger partial charge >= 0.3 is 12.1 Å². The summed E-state index contributed by atoms with van der Waals surface area (Å²) in [4.78, 5) is 37.5. The maximum absolute atomic E-state index is 11.9. The van der Waals surface area contributed by atoms with Gasteiger partial charge in [-0.15, -0.1) is 0 Å². The number of hydrogen-bond donors (Lipinski definition) is 6. The Hall–Kier alpha value is -3.24. The number of alkyl halides is 3. The summed E-state index contributed by atoms with van der Waals surface area (Å²) in [5.74, 6) is -1.73. The summed E-state index contributed by atoms with van der Waals surface area (Å²) in [7, 11) is 0. The standard InChI is InChI=1S/C25H42N8O3.C2HF3O2/c1-5-15(6-2)28-23-20-24(31-25(30-23)26-13-16-10-9-11-32(16)8-4)33(14-27-20)18-12-17(21(35)22(18)36)29-19(34)7-3;3-2(4,5)1(6)7/h14-18,21-22,35-36H,5-13H2,1-4H3,(H,29,34)(H2,26,28,30,31);(H,6,7)/t16-,17+,18-,21-,22+;/m1./s1. The van der Waals surface area contributed by atoms with Crippen LogP contribution in [-0.2, 0) is 9.59 Å². The molecule has 1 aliphatic carbocycles. The van der Waals surface area contributed by atoms with E-state index in [9.17, 15) is 28.2 Å². The molecule has 1 aliphatic heterocycles. The van der Waals surface area contributed by atoms with Gasteiger partial charge in [-0.2, -0.15) is 23.1 Å². The Labute approximate surface area is 248 Å². The van der Waals surface area contributed by atoms with Crippen LogP contribution in [0.1, 0.15) is 72.3 Å². The fraction of sp³-hybridized carbons (Fsp3) is 0.741. The molecule has 242 valence electrons. The quantitative estimate of drug-likeness (QED) is 0.219. The lowest BCUT2D eigenvalue weighted by Gasteiger charge is -2.23. The van der Waals surface area contributed by atoms with Gasteiger partial charge in [-0.25, -0.2) is 9.78 Å². The molecule has 4 rings (SSSR count). The molecular formula is C27H43F3N8O5. The number of fused-ring (bicyclic) bond motifs is 1. The third-order valence-corrected chi connectivity index (χ3v) is 8.07. The van der Waals surface area contributed by atoms with Crippen molar-refractivity contribution in [1.82, 2.24) is 29.7 Å². The molecule has 1 saturated carbocycles. The average molecular weight is 617 g/mol. The minimum absolute atomic E-state index is 0.152. The molecule has 16 heteroatoms. The zero-order valence-corrected chi connectivity index (χ0v) is 24.9. The van der Waals surface area contributed by atoms with Crippen molar-refractivity contribution in [2.24, 2.45) is 0 Å². The van der Waals surface area contributed by atoms with Crippen LogP contribution in [0.4, 0.5) is 24.9 Å². The number of anilines is 2. The first-order chi connectivity index (χ1) is 20.3. The lowest BCUT2D eigenvalue weighted by molar-refractivity contribution is -0.192. The van der Waals surface area contributed by atoms with Crippen LogP contribution in [0.5, 0.6) is 0 Å². The van der Waals surface area contributed by atoms with Crippen molar-refractivity contribution in [1.29, 1.82) is 0 Å². The van der Waals surface area contributed by atoms with Crippen LogP contribution >= 0.6 is 0 Å². The number of carbonyl (C=O) groups is 2. The fourth-order valence-corrected chi connectivity index (χ4v) is 5.51. The van der Waals surface area contributed by atoms with Gasteiger partial charge in [0, 0.05) is 25.0 Å². The van der Waals surface area contributed by atoms with Crippen molar-refractivity contribution in [3.05, 3.63) is 6.33 Å². The number of rotatable bonds is 11.